The summed E-state index contributed by atoms with van der Waals surface area (Å²) in [7, 11) is -9.90. The molecule has 0 aliphatic rings. The van der Waals surface area contributed by atoms with E-state index < -0.39 is 97.5 Å². The Bertz CT molecular complexity index is 1720. The van der Waals surface area contributed by atoms with Crippen LogP contribution in [0.25, 0.3) is 0 Å². The SMILES string of the molecule is CCC(C)CCCCCCCCC(=O)O[C@H](COC(=O)CCCCCCCCCCC(C)C)COP(=O)(O)OCC(O)COP(=O)(O)OC[C@@H](COC(=O)CCCCCCCCCCCCCC(C)C)OC(=O)CCCCCCCCCCC(C)C. The lowest BCUT2D eigenvalue weighted by Gasteiger charge is -2.21. The van der Waals surface area contributed by atoms with Crippen LogP contribution in [0.15, 0.2) is 0 Å². The Morgan fingerprint density at radius 1 is 0.326 bits per heavy atom. The van der Waals surface area contributed by atoms with E-state index >= 15 is 0 Å². The van der Waals surface area contributed by atoms with Gasteiger partial charge in [0.25, 0.3) is 0 Å². The Balaban J connectivity index is 5.25. The first-order valence-electron chi connectivity index (χ1n) is 34.7. The second-order valence-corrected chi connectivity index (χ2v) is 28.8. The van der Waals surface area contributed by atoms with Crippen LogP contribution in [0, 0.1) is 23.7 Å². The van der Waals surface area contributed by atoms with E-state index in [4.69, 9.17) is 37.0 Å². The van der Waals surface area contributed by atoms with E-state index in [1.165, 1.54) is 128 Å². The summed E-state index contributed by atoms with van der Waals surface area (Å²) in [5.74, 6) is 0.798. The van der Waals surface area contributed by atoms with Crippen molar-refractivity contribution in [3.8, 4) is 0 Å². The number of aliphatic hydroxyl groups is 1. The van der Waals surface area contributed by atoms with Gasteiger partial charge in [-0.05, 0) is 49.4 Å². The second kappa shape index (κ2) is 57.0. The predicted octanol–water partition coefficient (Wildman–Crippen LogP) is 18.5. The molecular weight excluding hydrogens is 1140 g/mol. The molecule has 0 radical (unpaired) electrons. The highest BCUT2D eigenvalue weighted by Gasteiger charge is 2.30. The van der Waals surface area contributed by atoms with Gasteiger partial charge in [-0.25, -0.2) is 9.13 Å². The Kier molecular flexibility index (Phi) is 55.7. The number of hydrogen-bond donors (Lipinski definition) is 3. The molecule has 0 aromatic heterocycles. The third-order valence-electron chi connectivity index (χ3n) is 15.7. The van der Waals surface area contributed by atoms with E-state index in [2.05, 4.69) is 55.4 Å². The monoisotopic (exact) mass is 1270 g/mol. The van der Waals surface area contributed by atoms with Crippen molar-refractivity contribution in [2.45, 2.75) is 343 Å². The average molecular weight is 1270 g/mol. The van der Waals surface area contributed by atoms with Crippen LogP contribution in [-0.2, 0) is 65.4 Å². The fraction of sp³-hybridized carbons (Fsp3) is 0.940. The van der Waals surface area contributed by atoms with E-state index in [-0.39, 0.29) is 25.7 Å². The van der Waals surface area contributed by atoms with Crippen molar-refractivity contribution in [3.63, 3.8) is 0 Å². The summed E-state index contributed by atoms with van der Waals surface area (Å²) in [6.45, 7) is 14.0. The van der Waals surface area contributed by atoms with Gasteiger partial charge in [-0.3, -0.25) is 37.3 Å². The molecule has 0 rings (SSSR count). The minimum absolute atomic E-state index is 0.102. The highest BCUT2D eigenvalue weighted by Crippen LogP contribution is 2.45. The molecule has 0 amide bonds. The zero-order valence-corrected chi connectivity index (χ0v) is 57.7. The molecule has 0 heterocycles. The van der Waals surface area contributed by atoms with Crippen LogP contribution in [0.2, 0.25) is 0 Å². The Morgan fingerprint density at radius 3 is 0.826 bits per heavy atom. The summed E-state index contributed by atoms with van der Waals surface area (Å²) in [5.41, 5.74) is 0. The van der Waals surface area contributed by atoms with E-state index in [9.17, 15) is 43.2 Å². The number of phosphoric ester groups is 2. The third-order valence-corrected chi connectivity index (χ3v) is 17.6. The molecule has 19 heteroatoms. The summed E-state index contributed by atoms with van der Waals surface area (Å²) in [6.07, 6.45) is 37.7. The maximum absolute atomic E-state index is 13.0. The average Bonchev–Trinajstić information content (AvgIpc) is 3.55. The first-order chi connectivity index (χ1) is 41.1. The Morgan fingerprint density at radius 2 is 0.558 bits per heavy atom. The number of unbranched alkanes of at least 4 members (excludes halogenated alkanes) is 29. The third kappa shape index (κ3) is 59.7. The molecule has 4 unspecified atom stereocenters. The summed E-state index contributed by atoms with van der Waals surface area (Å²) >= 11 is 0. The number of ether oxygens (including phenoxy) is 4. The number of carbonyl (C=O) groups excluding carboxylic acids is 4. The van der Waals surface area contributed by atoms with Crippen molar-refractivity contribution in [2.75, 3.05) is 39.6 Å². The highest BCUT2D eigenvalue weighted by molar-refractivity contribution is 7.47. The lowest BCUT2D eigenvalue weighted by molar-refractivity contribution is -0.161. The van der Waals surface area contributed by atoms with Gasteiger partial charge in [0.15, 0.2) is 12.2 Å². The van der Waals surface area contributed by atoms with E-state index in [0.29, 0.717) is 25.7 Å². The molecule has 6 atom stereocenters. The van der Waals surface area contributed by atoms with Crippen LogP contribution in [-0.4, -0.2) is 96.7 Å². The fourth-order valence-electron chi connectivity index (χ4n) is 9.93. The molecule has 0 saturated carbocycles. The molecule has 0 saturated heterocycles. The van der Waals surface area contributed by atoms with Gasteiger partial charge >= 0.3 is 39.5 Å². The molecule has 0 bridgehead atoms. The second-order valence-electron chi connectivity index (χ2n) is 25.9. The molecule has 0 aromatic rings. The van der Waals surface area contributed by atoms with E-state index in [1.807, 2.05) is 0 Å². The largest absolute Gasteiger partial charge is 0.472 e. The lowest BCUT2D eigenvalue weighted by Crippen LogP contribution is -2.30. The van der Waals surface area contributed by atoms with Gasteiger partial charge in [-0.1, -0.05) is 274 Å². The molecule has 0 spiro atoms. The van der Waals surface area contributed by atoms with Gasteiger partial charge in [0.05, 0.1) is 26.4 Å². The standard InChI is InChI=1S/C67H130O17P2/c1-9-60(8)46-38-30-25-26-34-42-50-67(72)84-63(54-78-65(70)48-40-32-23-17-15-20-28-36-44-58(4)5)56-82-86(75,76)80-52-61(68)51-79-85(73,74)81-55-62(83-66(71)49-41-33-24-18-16-21-29-37-45-59(6)7)53-77-64(69)47-39-31-22-14-12-10-11-13-19-27-35-43-57(2)3/h57-63,68H,9-56H2,1-8H3,(H,73,74)(H,75,76)/t60?,61?,62-,63-/m1/s1. The summed E-state index contributed by atoms with van der Waals surface area (Å²) in [5, 5.41) is 10.6. The first-order valence-corrected chi connectivity index (χ1v) is 37.7. The van der Waals surface area contributed by atoms with E-state index in [1.54, 1.807) is 0 Å². The molecule has 3 N–H and O–H groups in total. The molecule has 510 valence electrons. The number of carbonyl (C=O) groups is 4. The number of rotatable bonds is 64. The number of hydrogen-bond acceptors (Lipinski definition) is 15. The van der Waals surface area contributed by atoms with Crippen LogP contribution in [0.3, 0.4) is 0 Å². The molecule has 0 fully saturated rings. The van der Waals surface area contributed by atoms with Crippen molar-refractivity contribution in [3.05, 3.63) is 0 Å². The van der Waals surface area contributed by atoms with Gasteiger partial charge in [-0.15, -0.1) is 0 Å². The zero-order chi connectivity index (χ0) is 63.9. The van der Waals surface area contributed by atoms with Crippen LogP contribution in [0.4, 0.5) is 0 Å². The van der Waals surface area contributed by atoms with E-state index in [0.717, 1.165) is 114 Å². The topological polar surface area (TPSA) is 237 Å². The van der Waals surface area contributed by atoms with Crippen LogP contribution >= 0.6 is 15.6 Å². The Labute approximate surface area is 524 Å². The van der Waals surface area contributed by atoms with Crippen molar-refractivity contribution in [1.29, 1.82) is 0 Å². The minimum Gasteiger partial charge on any atom is -0.462 e. The quantitative estimate of drug-likeness (QED) is 0.0222. The van der Waals surface area contributed by atoms with Crippen molar-refractivity contribution < 1.29 is 80.2 Å². The normalized spacial score (nSPS) is 14.7. The maximum atomic E-state index is 13.0. The highest BCUT2D eigenvalue weighted by atomic mass is 31.2. The van der Waals surface area contributed by atoms with Crippen LogP contribution in [0.5, 0.6) is 0 Å². The predicted molar refractivity (Wildman–Crippen MR) is 344 cm³/mol. The summed E-state index contributed by atoms with van der Waals surface area (Å²) < 4.78 is 68.1. The molecule has 17 nitrogen and oxygen atoms in total. The molecule has 0 aliphatic carbocycles. The fourth-order valence-corrected chi connectivity index (χ4v) is 11.5. The number of esters is 4. The molecule has 86 heavy (non-hydrogen) atoms. The maximum Gasteiger partial charge on any atom is 0.472 e. The number of phosphoric acid groups is 2. The van der Waals surface area contributed by atoms with Crippen molar-refractivity contribution >= 4 is 39.5 Å². The van der Waals surface area contributed by atoms with Gasteiger partial charge in [0.1, 0.15) is 19.3 Å². The smallest absolute Gasteiger partial charge is 0.462 e. The molecular formula is C67H130O17P2. The van der Waals surface area contributed by atoms with Gasteiger partial charge in [-0.2, -0.15) is 0 Å². The van der Waals surface area contributed by atoms with Crippen molar-refractivity contribution in [1.82, 2.24) is 0 Å². The van der Waals surface area contributed by atoms with Gasteiger partial charge in [0, 0.05) is 25.7 Å². The minimum atomic E-state index is -4.95. The van der Waals surface area contributed by atoms with Crippen LogP contribution < -0.4 is 0 Å². The summed E-state index contributed by atoms with van der Waals surface area (Å²) in [4.78, 5) is 72.4. The zero-order valence-electron chi connectivity index (χ0n) is 55.9. The molecule has 0 aliphatic heterocycles. The summed E-state index contributed by atoms with van der Waals surface area (Å²) in [6, 6.07) is 0. The lowest BCUT2D eigenvalue weighted by atomic mass is 10.00. The van der Waals surface area contributed by atoms with Gasteiger partial charge in [0.2, 0.25) is 0 Å². The van der Waals surface area contributed by atoms with Crippen molar-refractivity contribution in [2.24, 2.45) is 23.7 Å². The number of aliphatic hydroxyl groups excluding tert-OH is 1. The van der Waals surface area contributed by atoms with Gasteiger partial charge < -0.3 is 33.8 Å². The molecule has 0 aromatic carbocycles. The first kappa shape index (κ1) is 84.1. The van der Waals surface area contributed by atoms with Crippen LogP contribution in [0.1, 0.15) is 325 Å². The Hall–Kier alpha value is -1.94.